The number of nitrogens with zero attached hydrogens (tertiary/aromatic N) is 3. The maximum Gasteiger partial charge on any atom is 0.0890 e. The van der Waals surface area contributed by atoms with Gasteiger partial charge in [-0.2, -0.15) is 0 Å². The number of hydrogen-bond donors (Lipinski definition) is 1. The molecule has 0 saturated carbocycles. The summed E-state index contributed by atoms with van der Waals surface area (Å²) in [6, 6.07) is 6.82. The summed E-state index contributed by atoms with van der Waals surface area (Å²) in [6.45, 7) is 6.82. The summed E-state index contributed by atoms with van der Waals surface area (Å²) in [6.07, 6.45) is 6.19. The van der Waals surface area contributed by atoms with Crippen LogP contribution in [0.5, 0.6) is 0 Å². The molecule has 2 aromatic rings. The Kier molecular flexibility index (Phi) is 4.23. The highest BCUT2D eigenvalue weighted by molar-refractivity contribution is 5.74. The van der Waals surface area contributed by atoms with E-state index in [0.717, 1.165) is 24.1 Å². The Balaban J connectivity index is 1.56. The van der Waals surface area contributed by atoms with Gasteiger partial charge in [0.2, 0.25) is 0 Å². The van der Waals surface area contributed by atoms with Crippen LogP contribution in [0, 0.1) is 0 Å². The number of likely N-dealkylation sites (tertiary alicyclic amines) is 1. The molecule has 1 saturated heterocycles. The maximum absolute atomic E-state index is 4.35. The third-order valence-corrected chi connectivity index (χ3v) is 3.92. The molecule has 4 nitrogen and oxygen atoms in total. The fraction of sp³-hybridized carbons (Fsp3) is 0.500. The van der Waals surface area contributed by atoms with Gasteiger partial charge in [-0.25, -0.2) is 0 Å². The third kappa shape index (κ3) is 3.32. The Morgan fingerprint density at radius 2 is 1.90 bits per heavy atom. The van der Waals surface area contributed by atoms with Crippen molar-refractivity contribution in [3.63, 3.8) is 0 Å². The summed E-state index contributed by atoms with van der Waals surface area (Å²) in [4.78, 5) is 11.2. The molecule has 1 aromatic heterocycles. The predicted molar refractivity (Wildman–Crippen MR) is 81.5 cm³/mol. The van der Waals surface area contributed by atoms with Gasteiger partial charge < -0.3 is 10.2 Å². The Bertz CT molecular complexity index is 563. The molecule has 1 aliphatic rings. The van der Waals surface area contributed by atoms with E-state index in [1.165, 1.54) is 31.5 Å². The zero-order valence-corrected chi connectivity index (χ0v) is 12.0. The quantitative estimate of drug-likeness (QED) is 0.904. The molecule has 2 heterocycles. The third-order valence-electron chi connectivity index (χ3n) is 3.92. The molecular formula is C16H22N4. The average Bonchev–Trinajstić information content (AvgIpc) is 2.98. The number of nitrogens with one attached hydrogen (secondary N) is 1. The van der Waals surface area contributed by atoms with Crippen molar-refractivity contribution in [2.75, 3.05) is 19.6 Å². The lowest BCUT2D eigenvalue weighted by Crippen LogP contribution is -2.37. The molecule has 0 aliphatic carbocycles. The first-order valence-corrected chi connectivity index (χ1v) is 7.47. The molecule has 1 N–H and O–H groups in total. The molecule has 0 spiro atoms. The first-order chi connectivity index (χ1) is 9.81. The molecule has 1 atom stereocenters. The van der Waals surface area contributed by atoms with E-state index >= 15 is 0 Å². The SMILES string of the molecule is CC(CN1CCCC1)NCc1ccc2nccnc2c1. The summed E-state index contributed by atoms with van der Waals surface area (Å²) in [5.41, 5.74) is 3.20. The normalized spacial score (nSPS) is 17.6. The number of benzene rings is 1. The first-order valence-electron chi connectivity index (χ1n) is 7.47. The minimum atomic E-state index is 0.519. The van der Waals surface area contributed by atoms with Crippen LogP contribution in [-0.4, -0.2) is 40.5 Å². The second-order valence-electron chi connectivity index (χ2n) is 5.67. The minimum absolute atomic E-state index is 0.519. The topological polar surface area (TPSA) is 41.0 Å². The number of hydrogen-bond acceptors (Lipinski definition) is 4. The van der Waals surface area contributed by atoms with E-state index in [4.69, 9.17) is 0 Å². The van der Waals surface area contributed by atoms with Crippen LogP contribution in [0.15, 0.2) is 30.6 Å². The van der Waals surface area contributed by atoms with E-state index in [2.05, 4.69) is 39.2 Å². The van der Waals surface area contributed by atoms with E-state index in [0.29, 0.717) is 6.04 Å². The van der Waals surface area contributed by atoms with Crippen LogP contribution in [0.1, 0.15) is 25.3 Å². The minimum Gasteiger partial charge on any atom is -0.309 e. The van der Waals surface area contributed by atoms with Crippen LogP contribution >= 0.6 is 0 Å². The summed E-state index contributed by atoms with van der Waals surface area (Å²) >= 11 is 0. The van der Waals surface area contributed by atoms with Crippen molar-refractivity contribution in [2.45, 2.75) is 32.4 Å². The van der Waals surface area contributed by atoms with Crippen molar-refractivity contribution in [2.24, 2.45) is 0 Å². The smallest absolute Gasteiger partial charge is 0.0890 e. The van der Waals surface area contributed by atoms with Crippen molar-refractivity contribution in [3.05, 3.63) is 36.2 Å². The van der Waals surface area contributed by atoms with Crippen molar-refractivity contribution in [3.8, 4) is 0 Å². The zero-order valence-electron chi connectivity index (χ0n) is 12.0. The van der Waals surface area contributed by atoms with Gasteiger partial charge in [-0.05, 0) is 50.6 Å². The molecule has 4 heteroatoms. The molecule has 1 fully saturated rings. The second-order valence-corrected chi connectivity index (χ2v) is 5.67. The predicted octanol–water partition coefficient (Wildman–Crippen LogP) is 2.20. The van der Waals surface area contributed by atoms with Gasteiger partial charge in [-0.15, -0.1) is 0 Å². The molecule has 0 bridgehead atoms. The summed E-state index contributed by atoms with van der Waals surface area (Å²) in [7, 11) is 0. The van der Waals surface area contributed by atoms with Crippen molar-refractivity contribution in [1.82, 2.24) is 20.2 Å². The molecule has 1 aliphatic heterocycles. The van der Waals surface area contributed by atoms with Gasteiger partial charge in [-0.1, -0.05) is 6.07 Å². The summed E-state index contributed by atoms with van der Waals surface area (Å²) in [5.74, 6) is 0. The van der Waals surface area contributed by atoms with Crippen molar-refractivity contribution < 1.29 is 0 Å². The number of fused-ring (bicyclic) bond motifs is 1. The first kappa shape index (κ1) is 13.5. The molecule has 106 valence electrons. The van der Waals surface area contributed by atoms with E-state index in [9.17, 15) is 0 Å². The van der Waals surface area contributed by atoms with Crippen LogP contribution < -0.4 is 5.32 Å². The van der Waals surface area contributed by atoms with E-state index in [-0.39, 0.29) is 0 Å². The average molecular weight is 270 g/mol. The Labute approximate surface area is 120 Å². The Morgan fingerprint density at radius 3 is 2.70 bits per heavy atom. The van der Waals surface area contributed by atoms with E-state index in [1.54, 1.807) is 12.4 Å². The fourth-order valence-corrected chi connectivity index (χ4v) is 2.83. The van der Waals surface area contributed by atoms with E-state index in [1.807, 2.05) is 6.07 Å². The van der Waals surface area contributed by atoms with Gasteiger partial charge in [0.05, 0.1) is 11.0 Å². The highest BCUT2D eigenvalue weighted by Gasteiger charge is 2.14. The lowest BCUT2D eigenvalue weighted by atomic mass is 10.2. The highest BCUT2D eigenvalue weighted by Crippen LogP contribution is 2.11. The van der Waals surface area contributed by atoms with Crippen molar-refractivity contribution >= 4 is 11.0 Å². The molecule has 3 rings (SSSR count). The summed E-state index contributed by atoms with van der Waals surface area (Å²) in [5, 5.41) is 3.60. The zero-order chi connectivity index (χ0) is 13.8. The van der Waals surface area contributed by atoms with Crippen LogP contribution in [0.4, 0.5) is 0 Å². The van der Waals surface area contributed by atoms with Crippen molar-refractivity contribution in [1.29, 1.82) is 0 Å². The summed E-state index contributed by atoms with van der Waals surface area (Å²) < 4.78 is 0. The standard InChI is InChI=1S/C16H22N4/c1-13(12-20-8-2-3-9-20)19-11-14-4-5-15-16(10-14)18-7-6-17-15/h4-7,10,13,19H,2-3,8-9,11-12H2,1H3. The van der Waals surface area contributed by atoms with Gasteiger partial charge in [0.15, 0.2) is 0 Å². The lowest BCUT2D eigenvalue weighted by Gasteiger charge is -2.21. The lowest BCUT2D eigenvalue weighted by molar-refractivity contribution is 0.298. The molecule has 1 aromatic carbocycles. The van der Waals surface area contributed by atoms with Gasteiger partial charge in [0.25, 0.3) is 0 Å². The second kappa shape index (κ2) is 6.29. The number of aromatic nitrogens is 2. The molecule has 1 unspecified atom stereocenters. The largest absolute Gasteiger partial charge is 0.309 e. The molecule has 20 heavy (non-hydrogen) atoms. The fourth-order valence-electron chi connectivity index (χ4n) is 2.83. The van der Waals surface area contributed by atoms with Crippen LogP contribution in [0.2, 0.25) is 0 Å². The van der Waals surface area contributed by atoms with Crippen LogP contribution in [0.3, 0.4) is 0 Å². The van der Waals surface area contributed by atoms with Crippen LogP contribution in [-0.2, 0) is 6.54 Å². The number of rotatable bonds is 5. The van der Waals surface area contributed by atoms with Gasteiger partial charge in [0.1, 0.15) is 0 Å². The molecule has 0 amide bonds. The molecule has 0 radical (unpaired) electrons. The van der Waals surface area contributed by atoms with E-state index < -0.39 is 0 Å². The van der Waals surface area contributed by atoms with Gasteiger partial charge >= 0.3 is 0 Å². The van der Waals surface area contributed by atoms with Crippen LogP contribution in [0.25, 0.3) is 11.0 Å². The monoisotopic (exact) mass is 270 g/mol. The Hall–Kier alpha value is -1.52. The van der Waals surface area contributed by atoms with Gasteiger partial charge in [-0.3, -0.25) is 9.97 Å². The maximum atomic E-state index is 4.35. The molecular weight excluding hydrogens is 248 g/mol. The highest BCUT2D eigenvalue weighted by atomic mass is 15.2. The Morgan fingerprint density at radius 1 is 1.15 bits per heavy atom. The van der Waals surface area contributed by atoms with Gasteiger partial charge in [0, 0.05) is 31.5 Å².